The van der Waals surface area contributed by atoms with E-state index < -0.39 is 5.97 Å². The first-order chi connectivity index (χ1) is 17.6. The molecule has 0 saturated heterocycles. The van der Waals surface area contributed by atoms with Crippen molar-refractivity contribution in [1.82, 2.24) is 4.98 Å². The highest BCUT2D eigenvalue weighted by Gasteiger charge is 2.10. The third-order valence-corrected chi connectivity index (χ3v) is 5.66. The minimum absolute atomic E-state index is 0.103. The van der Waals surface area contributed by atoms with Crippen molar-refractivity contribution < 1.29 is 23.4 Å². The Balaban J connectivity index is 1.21. The number of nitrogens with zero attached hydrogens (tertiary/aromatic N) is 1. The quantitative estimate of drug-likeness (QED) is 0.281. The number of aromatic nitrogens is 1. The van der Waals surface area contributed by atoms with E-state index in [4.69, 9.17) is 13.9 Å². The van der Waals surface area contributed by atoms with E-state index in [1.807, 2.05) is 66.7 Å². The highest BCUT2D eigenvalue weighted by molar-refractivity contribution is 5.79. The van der Waals surface area contributed by atoms with Gasteiger partial charge in [-0.2, -0.15) is 0 Å². The minimum atomic E-state index is -0.474. The molecular formula is C29H23NO6. The number of methoxy groups -OCH3 is 1. The van der Waals surface area contributed by atoms with E-state index in [1.165, 1.54) is 13.2 Å². The van der Waals surface area contributed by atoms with Gasteiger partial charge < -0.3 is 18.6 Å². The van der Waals surface area contributed by atoms with Crippen molar-refractivity contribution in [3.8, 4) is 11.5 Å². The van der Waals surface area contributed by atoms with Crippen LogP contribution in [0.2, 0.25) is 0 Å². The van der Waals surface area contributed by atoms with E-state index in [0.717, 1.165) is 22.2 Å². The molecule has 0 N–H and O–H groups in total. The normalized spacial score (nSPS) is 10.9. The van der Waals surface area contributed by atoms with Gasteiger partial charge in [0.15, 0.2) is 5.43 Å². The largest absolute Gasteiger partial charge is 0.489 e. The van der Waals surface area contributed by atoms with Gasteiger partial charge in [0.25, 0.3) is 0 Å². The molecule has 2 heterocycles. The van der Waals surface area contributed by atoms with E-state index in [2.05, 4.69) is 9.72 Å². The van der Waals surface area contributed by atoms with Crippen LogP contribution in [-0.4, -0.2) is 18.1 Å². The summed E-state index contributed by atoms with van der Waals surface area (Å²) in [6, 6.07) is 25.9. The Morgan fingerprint density at radius 3 is 2.39 bits per heavy atom. The minimum Gasteiger partial charge on any atom is -0.489 e. The molecule has 5 rings (SSSR count). The number of benzene rings is 3. The van der Waals surface area contributed by atoms with Gasteiger partial charge in [0.2, 0.25) is 0 Å². The van der Waals surface area contributed by atoms with Crippen LogP contribution in [0.15, 0.2) is 94.1 Å². The molecule has 0 saturated carbocycles. The van der Waals surface area contributed by atoms with Crippen LogP contribution in [-0.2, 0) is 29.2 Å². The fourth-order valence-corrected chi connectivity index (χ4v) is 3.79. The molecule has 0 bridgehead atoms. The molecule has 0 atom stereocenters. The number of carbonyl (C=O) groups excluding carboxylic acids is 1. The lowest BCUT2D eigenvalue weighted by atomic mass is 10.1. The van der Waals surface area contributed by atoms with E-state index in [0.29, 0.717) is 29.1 Å². The fraction of sp³-hybridized carbons (Fsp3) is 0.138. The van der Waals surface area contributed by atoms with Crippen LogP contribution >= 0.6 is 0 Å². The van der Waals surface area contributed by atoms with Crippen LogP contribution in [0.1, 0.15) is 17.0 Å². The summed E-state index contributed by atoms with van der Waals surface area (Å²) in [6.45, 7) is 0.646. The monoisotopic (exact) mass is 481 g/mol. The van der Waals surface area contributed by atoms with Gasteiger partial charge in [0.1, 0.15) is 42.5 Å². The highest BCUT2D eigenvalue weighted by atomic mass is 16.5. The molecular weight excluding hydrogens is 458 g/mol. The number of carbonyl (C=O) groups is 1. The number of esters is 1. The summed E-state index contributed by atoms with van der Waals surface area (Å²) in [5.74, 6) is 1.17. The summed E-state index contributed by atoms with van der Waals surface area (Å²) in [6.07, 6.45) is -0.103. The molecule has 0 aliphatic carbocycles. The van der Waals surface area contributed by atoms with E-state index in [-0.39, 0.29) is 24.2 Å². The van der Waals surface area contributed by atoms with Crippen LogP contribution in [0.5, 0.6) is 11.5 Å². The zero-order chi connectivity index (χ0) is 24.9. The molecule has 5 aromatic rings. The Kier molecular flexibility index (Phi) is 6.62. The maximum atomic E-state index is 12.3. The van der Waals surface area contributed by atoms with Crippen LogP contribution < -0.4 is 14.9 Å². The van der Waals surface area contributed by atoms with Gasteiger partial charge in [-0.1, -0.05) is 30.3 Å². The summed E-state index contributed by atoms with van der Waals surface area (Å²) in [7, 11) is 1.29. The number of hydrogen-bond acceptors (Lipinski definition) is 7. The summed E-state index contributed by atoms with van der Waals surface area (Å²) < 4.78 is 22.1. The van der Waals surface area contributed by atoms with Crippen molar-refractivity contribution in [3.05, 3.63) is 112 Å². The second-order valence-corrected chi connectivity index (χ2v) is 8.20. The number of hydrogen-bond donors (Lipinski definition) is 0. The SMILES string of the molecule is COC(=O)Cc1cc(=O)c2ccc(COc3ccc(OCc4ccc5ccccc5n4)cc3)cc2o1. The first-order valence-electron chi connectivity index (χ1n) is 11.4. The second-order valence-electron chi connectivity index (χ2n) is 8.20. The fourth-order valence-electron chi connectivity index (χ4n) is 3.79. The zero-order valence-electron chi connectivity index (χ0n) is 19.6. The molecule has 36 heavy (non-hydrogen) atoms. The maximum absolute atomic E-state index is 12.3. The Morgan fingerprint density at radius 1 is 0.861 bits per heavy atom. The lowest BCUT2D eigenvalue weighted by molar-refractivity contribution is -0.140. The first kappa shape index (κ1) is 23.1. The van der Waals surface area contributed by atoms with Gasteiger partial charge in [0, 0.05) is 11.5 Å². The van der Waals surface area contributed by atoms with Crippen LogP contribution in [0.4, 0.5) is 0 Å². The average Bonchev–Trinajstić information content (AvgIpc) is 2.91. The number of pyridine rings is 1. The van der Waals surface area contributed by atoms with Crippen molar-refractivity contribution in [1.29, 1.82) is 0 Å². The number of ether oxygens (including phenoxy) is 3. The lowest BCUT2D eigenvalue weighted by Crippen LogP contribution is -2.09. The molecule has 180 valence electrons. The maximum Gasteiger partial charge on any atom is 0.313 e. The third-order valence-electron chi connectivity index (χ3n) is 5.66. The standard InChI is InChI=1S/C29H23NO6/c1-33-29(32)16-24-15-27(31)25-13-6-19(14-28(25)36-24)17-34-22-9-11-23(12-10-22)35-18-21-8-7-20-4-2-3-5-26(20)30-21/h2-15H,16-18H2,1H3. The third kappa shape index (κ3) is 5.36. The highest BCUT2D eigenvalue weighted by Crippen LogP contribution is 2.21. The van der Waals surface area contributed by atoms with E-state index >= 15 is 0 Å². The number of para-hydroxylation sites is 1. The molecule has 0 fully saturated rings. The summed E-state index contributed by atoms with van der Waals surface area (Å²) >= 11 is 0. The summed E-state index contributed by atoms with van der Waals surface area (Å²) in [4.78, 5) is 28.5. The molecule has 0 aliphatic heterocycles. The Hall–Kier alpha value is -4.65. The van der Waals surface area contributed by atoms with Crippen LogP contribution in [0, 0.1) is 0 Å². The van der Waals surface area contributed by atoms with Crippen molar-refractivity contribution in [3.63, 3.8) is 0 Å². The smallest absolute Gasteiger partial charge is 0.313 e. The first-order valence-corrected chi connectivity index (χ1v) is 11.4. The molecule has 0 aliphatic rings. The topological polar surface area (TPSA) is 87.9 Å². The van der Waals surface area contributed by atoms with Crippen LogP contribution in [0.3, 0.4) is 0 Å². The summed E-state index contributed by atoms with van der Waals surface area (Å²) in [5, 5.41) is 1.53. The van der Waals surface area contributed by atoms with Crippen molar-refractivity contribution in [2.24, 2.45) is 0 Å². The zero-order valence-corrected chi connectivity index (χ0v) is 19.6. The molecule has 0 amide bonds. The Bertz CT molecular complexity index is 1590. The molecule has 0 unspecified atom stereocenters. The van der Waals surface area contributed by atoms with Gasteiger partial charge >= 0.3 is 5.97 Å². The molecule has 7 heteroatoms. The molecule has 0 radical (unpaired) electrons. The van der Waals surface area contributed by atoms with E-state index in [9.17, 15) is 9.59 Å². The molecule has 3 aromatic carbocycles. The summed E-state index contributed by atoms with van der Waals surface area (Å²) in [5.41, 5.74) is 2.80. The van der Waals surface area contributed by atoms with Gasteiger partial charge in [0.05, 0.1) is 23.7 Å². The molecule has 0 spiro atoms. The van der Waals surface area contributed by atoms with Gasteiger partial charge in [-0.15, -0.1) is 0 Å². The van der Waals surface area contributed by atoms with Gasteiger partial charge in [-0.25, -0.2) is 4.98 Å². The average molecular weight is 482 g/mol. The van der Waals surface area contributed by atoms with Crippen molar-refractivity contribution in [2.75, 3.05) is 7.11 Å². The number of fused-ring (bicyclic) bond motifs is 2. The Labute approximate surface area is 206 Å². The predicted octanol–water partition coefficient (Wildman–Crippen LogP) is 5.21. The molecule has 7 nitrogen and oxygen atoms in total. The van der Waals surface area contributed by atoms with Gasteiger partial charge in [-0.05, 0) is 54.1 Å². The lowest BCUT2D eigenvalue weighted by Gasteiger charge is -2.10. The van der Waals surface area contributed by atoms with Gasteiger partial charge in [-0.3, -0.25) is 9.59 Å². The molecule has 2 aromatic heterocycles. The second kappa shape index (κ2) is 10.3. The Morgan fingerprint density at radius 2 is 1.61 bits per heavy atom. The van der Waals surface area contributed by atoms with Crippen molar-refractivity contribution >= 4 is 27.8 Å². The van der Waals surface area contributed by atoms with E-state index in [1.54, 1.807) is 12.1 Å². The number of rotatable bonds is 8. The van der Waals surface area contributed by atoms with Crippen LogP contribution in [0.25, 0.3) is 21.9 Å². The predicted molar refractivity (Wildman–Crippen MR) is 135 cm³/mol. The van der Waals surface area contributed by atoms with Crippen molar-refractivity contribution in [2.45, 2.75) is 19.6 Å².